The second kappa shape index (κ2) is 8.25. The van der Waals surface area contributed by atoms with Crippen molar-refractivity contribution in [1.82, 2.24) is 0 Å². The Kier molecular flexibility index (Phi) is 5.91. The Morgan fingerprint density at radius 1 is 1.03 bits per heavy atom. The Bertz CT molecular complexity index is 1050. The van der Waals surface area contributed by atoms with E-state index in [0.717, 1.165) is 7.11 Å². The number of methoxy groups -OCH3 is 1. The van der Waals surface area contributed by atoms with E-state index in [4.69, 9.17) is 14.9 Å². The molecule has 0 saturated heterocycles. The van der Waals surface area contributed by atoms with Crippen LogP contribution in [0.5, 0.6) is 17.2 Å². The molecule has 8 heteroatoms. The molecule has 30 heavy (non-hydrogen) atoms. The van der Waals surface area contributed by atoms with Crippen LogP contribution in [-0.4, -0.2) is 58.6 Å². The zero-order valence-corrected chi connectivity index (χ0v) is 16.6. The van der Waals surface area contributed by atoms with E-state index in [1.807, 2.05) is 0 Å². The first-order valence-corrected chi connectivity index (χ1v) is 9.35. The Morgan fingerprint density at radius 3 is 2.30 bits per heavy atom. The second-order valence-corrected chi connectivity index (χ2v) is 7.01. The molecule has 4 rings (SSSR count). The third kappa shape index (κ3) is 3.05. The number of aliphatic hydroxyl groups excluding tert-OH is 2. The van der Waals surface area contributed by atoms with Gasteiger partial charge in [0.05, 0.1) is 23.8 Å². The number of hydrogen-bond acceptors (Lipinski definition) is 8. The summed E-state index contributed by atoms with van der Waals surface area (Å²) in [5.41, 5.74) is 0.301. The van der Waals surface area contributed by atoms with Gasteiger partial charge in [-0.2, -0.15) is 0 Å². The first-order valence-electron chi connectivity index (χ1n) is 9.35. The fourth-order valence-electron chi connectivity index (χ4n) is 4.21. The number of carbonyl (C=O) groups is 3. The maximum atomic E-state index is 13.1. The smallest absolute Gasteiger partial charge is 0.202 e. The number of fused-ring (bicyclic) bond motifs is 3. The number of phenolic OH excluding ortho intramolecular Hbond substituents is 2. The van der Waals surface area contributed by atoms with Gasteiger partial charge in [0.15, 0.2) is 11.6 Å². The quantitative estimate of drug-likeness (QED) is 0.468. The van der Waals surface area contributed by atoms with Crippen LogP contribution >= 0.6 is 0 Å². The van der Waals surface area contributed by atoms with Gasteiger partial charge in [-0.05, 0) is 25.3 Å². The largest absolute Gasteiger partial charge is 0.507 e. The lowest BCUT2D eigenvalue weighted by atomic mass is 9.75. The van der Waals surface area contributed by atoms with Crippen LogP contribution in [0.4, 0.5) is 0 Å². The maximum absolute atomic E-state index is 13.1. The molecule has 2 aromatic rings. The van der Waals surface area contributed by atoms with Gasteiger partial charge in [-0.25, -0.2) is 0 Å². The van der Waals surface area contributed by atoms with E-state index in [9.17, 15) is 24.6 Å². The number of benzene rings is 2. The predicted octanol–water partition coefficient (Wildman–Crippen LogP) is 1.16. The zero-order chi connectivity index (χ0) is 22.2. The molecule has 0 fully saturated rings. The summed E-state index contributed by atoms with van der Waals surface area (Å²) in [7, 11) is 2.38. The molecule has 0 bridgehead atoms. The predicted molar refractivity (Wildman–Crippen MR) is 105 cm³/mol. The van der Waals surface area contributed by atoms with E-state index >= 15 is 0 Å². The van der Waals surface area contributed by atoms with E-state index in [0.29, 0.717) is 12.0 Å². The summed E-state index contributed by atoms with van der Waals surface area (Å²) < 4.78 is 5.20. The lowest BCUT2D eigenvalue weighted by Crippen LogP contribution is -2.28. The van der Waals surface area contributed by atoms with Gasteiger partial charge in [-0.15, -0.1) is 0 Å². The molecule has 0 heterocycles. The van der Waals surface area contributed by atoms with Crippen LogP contribution < -0.4 is 4.74 Å². The van der Waals surface area contributed by atoms with Crippen LogP contribution in [0.25, 0.3) is 0 Å². The summed E-state index contributed by atoms with van der Waals surface area (Å²) in [5, 5.41) is 37.7. The first-order chi connectivity index (χ1) is 14.4. The van der Waals surface area contributed by atoms with E-state index in [2.05, 4.69) is 0 Å². The van der Waals surface area contributed by atoms with Gasteiger partial charge < -0.3 is 25.2 Å². The van der Waals surface area contributed by atoms with Gasteiger partial charge in [-0.1, -0.05) is 12.1 Å². The van der Waals surface area contributed by atoms with Crippen LogP contribution in [0.3, 0.4) is 0 Å². The third-order valence-electron chi connectivity index (χ3n) is 5.64. The lowest BCUT2D eigenvalue weighted by Gasteiger charge is -2.29. The number of carbonyl (C=O) groups excluding carboxylic acids is 3. The molecule has 4 N–H and O–H groups in total. The fourth-order valence-corrected chi connectivity index (χ4v) is 4.21. The number of Topliss-reactive ketones (excluding diaryl/α,β-unsaturated/α-hetero) is 1. The van der Waals surface area contributed by atoms with Crippen molar-refractivity contribution in [2.24, 2.45) is 5.92 Å². The summed E-state index contributed by atoms with van der Waals surface area (Å²) in [5.74, 6) is -2.56. The number of rotatable bonds is 3. The molecule has 0 amide bonds. The number of ether oxygens (including phenoxy) is 1. The second-order valence-electron chi connectivity index (χ2n) is 7.01. The molecule has 0 saturated carbocycles. The van der Waals surface area contributed by atoms with Crippen molar-refractivity contribution in [2.75, 3.05) is 20.8 Å². The van der Waals surface area contributed by atoms with Gasteiger partial charge in [0.1, 0.15) is 23.9 Å². The molecule has 0 spiro atoms. The minimum absolute atomic E-state index is 0.0568. The number of ketones is 3. The van der Waals surface area contributed by atoms with Gasteiger partial charge in [-0.3, -0.25) is 14.4 Å². The first kappa shape index (κ1) is 21.5. The van der Waals surface area contributed by atoms with Crippen molar-refractivity contribution < 1.29 is 39.5 Å². The van der Waals surface area contributed by atoms with Crippen LogP contribution in [0.1, 0.15) is 49.4 Å². The van der Waals surface area contributed by atoms with E-state index < -0.39 is 24.1 Å². The van der Waals surface area contributed by atoms with E-state index in [1.165, 1.54) is 13.2 Å². The van der Waals surface area contributed by atoms with Crippen LogP contribution in [0, 0.1) is 5.92 Å². The molecular formula is C22H22O8. The summed E-state index contributed by atoms with van der Waals surface area (Å²) in [6.45, 7) is -0.609. The average molecular weight is 414 g/mol. The summed E-state index contributed by atoms with van der Waals surface area (Å²) >= 11 is 0. The lowest BCUT2D eigenvalue weighted by molar-refractivity contribution is -0.125. The molecule has 8 nitrogen and oxygen atoms in total. The Hall–Kier alpha value is -3.23. The highest BCUT2D eigenvalue weighted by Crippen LogP contribution is 2.47. The summed E-state index contributed by atoms with van der Waals surface area (Å²) in [4.78, 5) is 38.1. The van der Waals surface area contributed by atoms with E-state index in [-0.39, 0.29) is 63.7 Å². The van der Waals surface area contributed by atoms with Crippen LogP contribution in [-0.2, 0) is 17.6 Å². The van der Waals surface area contributed by atoms with Gasteiger partial charge in [0.2, 0.25) is 5.78 Å². The zero-order valence-electron chi connectivity index (χ0n) is 16.6. The van der Waals surface area contributed by atoms with E-state index in [1.54, 1.807) is 12.1 Å². The molecule has 158 valence electrons. The van der Waals surface area contributed by atoms with Crippen molar-refractivity contribution in [2.45, 2.75) is 19.3 Å². The van der Waals surface area contributed by atoms with Crippen molar-refractivity contribution in [3.63, 3.8) is 0 Å². The molecule has 2 aromatic carbocycles. The van der Waals surface area contributed by atoms with Crippen molar-refractivity contribution in [1.29, 1.82) is 0 Å². The molecule has 0 aromatic heterocycles. The van der Waals surface area contributed by atoms with Gasteiger partial charge in [0, 0.05) is 29.7 Å². The van der Waals surface area contributed by atoms with Gasteiger partial charge >= 0.3 is 0 Å². The minimum atomic E-state index is -0.609. The van der Waals surface area contributed by atoms with Crippen molar-refractivity contribution in [3.8, 4) is 17.2 Å². The molecular weight excluding hydrogens is 392 g/mol. The number of phenols is 2. The SMILES string of the molecule is CO.COc1cccc2c1C(=O)c1c(O)c3c(c(O)c1C2=O)CC(C(=O)CO)CC3. The Balaban J connectivity index is 0.00000124. The van der Waals surface area contributed by atoms with Crippen LogP contribution in [0.15, 0.2) is 18.2 Å². The molecule has 0 radical (unpaired) electrons. The monoisotopic (exact) mass is 414 g/mol. The third-order valence-corrected chi connectivity index (χ3v) is 5.64. The summed E-state index contributed by atoms with van der Waals surface area (Å²) in [6, 6.07) is 4.59. The topological polar surface area (TPSA) is 141 Å². The fraction of sp³-hybridized carbons (Fsp3) is 0.318. The number of hydrogen-bond donors (Lipinski definition) is 4. The average Bonchev–Trinajstić information content (AvgIpc) is 2.79. The standard InChI is InChI=1S/C21H18O7.CH4O/c1-28-14-4-2-3-11-15(14)21(27)17-16(19(11)25)20(26)12-7-9(13(23)8-22)5-6-10(12)18(17)24;1-2/h2-4,9,22,24,26H,5-8H2,1H3;2H,1H3. The Labute approximate surface area is 172 Å². The Morgan fingerprint density at radius 2 is 1.67 bits per heavy atom. The van der Waals surface area contributed by atoms with Crippen LogP contribution in [0.2, 0.25) is 0 Å². The minimum Gasteiger partial charge on any atom is -0.507 e. The highest BCUT2D eigenvalue weighted by atomic mass is 16.5. The van der Waals surface area contributed by atoms with Crippen molar-refractivity contribution in [3.05, 3.63) is 51.6 Å². The molecule has 0 aliphatic heterocycles. The highest BCUT2D eigenvalue weighted by molar-refractivity contribution is 6.31. The van der Waals surface area contributed by atoms with Gasteiger partial charge in [0.25, 0.3) is 0 Å². The number of aliphatic hydroxyl groups is 2. The molecule has 2 aliphatic carbocycles. The maximum Gasteiger partial charge on any atom is 0.202 e. The number of aromatic hydroxyl groups is 2. The molecule has 2 aliphatic rings. The van der Waals surface area contributed by atoms with Crippen molar-refractivity contribution >= 4 is 17.3 Å². The normalized spacial score (nSPS) is 16.6. The highest BCUT2D eigenvalue weighted by Gasteiger charge is 2.40. The molecule has 1 atom stereocenters. The molecule has 1 unspecified atom stereocenters. The summed E-state index contributed by atoms with van der Waals surface area (Å²) in [6.07, 6.45) is 0.715.